The molecule has 206 valence electrons. The Bertz CT molecular complexity index is 1400. The second kappa shape index (κ2) is 11.9. The first-order valence-electron chi connectivity index (χ1n) is 13.0. The number of carbonyl (C=O) groups is 1. The van der Waals surface area contributed by atoms with Crippen molar-refractivity contribution in [2.24, 2.45) is 5.92 Å². The number of anilines is 1. The van der Waals surface area contributed by atoms with Crippen LogP contribution in [0.4, 0.5) is 5.13 Å². The Kier molecular flexibility index (Phi) is 8.73. The summed E-state index contributed by atoms with van der Waals surface area (Å²) >= 11 is 8.59. The maximum Gasteiger partial charge on any atom is 0.252 e. The molecule has 1 aromatic carbocycles. The van der Waals surface area contributed by atoms with Crippen LogP contribution in [0.1, 0.15) is 30.4 Å². The van der Waals surface area contributed by atoms with E-state index in [1.165, 1.54) is 27.3 Å². The molecule has 12 heteroatoms. The molecule has 1 unspecified atom stereocenters. The monoisotopic (exact) mass is 596 g/mol. The number of carbonyl (C=O) groups excluding carboxylic acids is 1. The standard InChI is InChI=1S/C26H33ClN4O4S3/c1-18-6-7-21-24(19(18)2)28-26(36-21)31(12-4-10-29-13-15-35-16-14-29)25(32)20-5-3-11-30(17-20)38(33,34)23-9-8-22(27)37-23/h6-9,20H,3-5,10-17H2,1-2H3. The number of morpholine rings is 1. The van der Waals surface area contributed by atoms with Crippen molar-refractivity contribution >= 4 is 65.6 Å². The lowest BCUT2D eigenvalue weighted by Gasteiger charge is -2.34. The lowest BCUT2D eigenvalue weighted by atomic mass is 9.98. The fourth-order valence-electron chi connectivity index (χ4n) is 5.05. The van der Waals surface area contributed by atoms with E-state index in [-0.39, 0.29) is 16.7 Å². The second-order valence-corrected chi connectivity index (χ2v) is 14.8. The van der Waals surface area contributed by atoms with Crippen LogP contribution in [0.5, 0.6) is 0 Å². The van der Waals surface area contributed by atoms with Crippen molar-refractivity contribution in [2.75, 3.05) is 57.4 Å². The predicted octanol–water partition coefficient (Wildman–Crippen LogP) is 4.78. The highest BCUT2D eigenvalue weighted by atomic mass is 35.5. The molecule has 38 heavy (non-hydrogen) atoms. The van der Waals surface area contributed by atoms with Crippen molar-refractivity contribution in [3.8, 4) is 0 Å². The normalized spacial score (nSPS) is 19.7. The number of rotatable bonds is 8. The van der Waals surface area contributed by atoms with E-state index >= 15 is 0 Å². The Labute approximate surface area is 237 Å². The predicted molar refractivity (Wildman–Crippen MR) is 154 cm³/mol. The molecule has 2 saturated heterocycles. The van der Waals surface area contributed by atoms with Gasteiger partial charge >= 0.3 is 0 Å². The van der Waals surface area contributed by atoms with Gasteiger partial charge in [-0.2, -0.15) is 4.31 Å². The molecule has 4 heterocycles. The zero-order valence-corrected chi connectivity index (χ0v) is 24.9. The number of benzene rings is 1. The number of ether oxygens (including phenoxy) is 1. The van der Waals surface area contributed by atoms with Gasteiger partial charge in [-0.05, 0) is 62.4 Å². The largest absolute Gasteiger partial charge is 0.379 e. The Morgan fingerprint density at radius 2 is 1.95 bits per heavy atom. The van der Waals surface area contributed by atoms with Crippen LogP contribution in [0.25, 0.3) is 10.2 Å². The van der Waals surface area contributed by atoms with Crippen molar-refractivity contribution in [3.63, 3.8) is 0 Å². The molecular formula is C26H33ClN4O4S3. The summed E-state index contributed by atoms with van der Waals surface area (Å²) in [5.74, 6) is -0.475. The molecule has 2 aliphatic rings. The van der Waals surface area contributed by atoms with Crippen molar-refractivity contribution in [1.29, 1.82) is 0 Å². The van der Waals surface area contributed by atoms with E-state index in [2.05, 4.69) is 30.9 Å². The molecule has 0 spiro atoms. The van der Waals surface area contributed by atoms with Crippen molar-refractivity contribution in [2.45, 2.75) is 37.3 Å². The topological polar surface area (TPSA) is 83.0 Å². The summed E-state index contributed by atoms with van der Waals surface area (Å²) in [7, 11) is -3.70. The molecule has 0 radical (unpaired) electrons. The number of nitrogens with zero attached hydrogens (tertiary/aromatic N) is 4. The molecule has 0 saturated carbocycles. The molecule has 0 aliphatic carbocycles. The van der Waals surface area contributed by atoms with Crippen LogP contribution in [-0.4, -0.2) is 81.0 Å². The van der Waals surface area contributed by atoms with E-state index in [9.17, 15) is 13.2 Å². The minimum Gasteiger partial charge on any atom is -0.379 e. The van der Waals surface area contributed by atoms with Crippen LogP contribution < -0.4 is 4.90 Å². The highest BCUT2D eigenvalue weighted by Gasteiger charge is 2.36. The average molecular weight is 597 g/mol. The first-order chi connectivity index (χ1) is 18.2. The van der Waals surface area contributed by atoms with Gasteiger partial charge in [-0.1, -0.05) is 29.0 Å². The number of hydrogen-bond donors (Lipinski definition) is 0. The molecule has 8 nitrogen and oxygen atoms in total. The van der Waals surface area contributed by atoms with E-state index in [4.69, 9.17) is 21.3 Å². The highest BCUT2D eigenvalue weighted by Crippen LogP contribution is 2.35. The SMILES string of the molecule is Cc1ccc2sc(N(CCCN3CCOCC3)C(=O)C3CCCN(S(=O)(=O)c4ccc(Cl)s4)C3)nc2c1C. The van der Waals surface area contributed by atoms with Gasteiger partial charge in [0, 0.05) is 39.3 Å². The molecule has 0 N–H and O–H groups in total. The molecule has 0 bridgehead atoms. The smallest absolute Gasteiger partial charge is 0.252 e. The Balaban J connectivity index is 1.38. The van der Waals surface area contributed by atoms with Gasteiger partial charge in [-0.15, -0.1) is 11.3 Å². The Hall–Kier alpha value is -1.60. The van der Waals surface area contributed by atoms with Crippen LogP contribution in [0.3, 0.4) is 0 Å². The lowest BCUT2D eigenvalue weighted by molar-refractivity contribution is -0.123. The van der Waals surface area contributed by atoms with Gasteiger partial charge in [-0.3, -0.25) is 14.6 Å². The number of halogens is 1. The van der Waals surface area contributed by atoms with Crippen LogP contribution in [-0.2, 0) is 19.6 Å². The average Bonchev–Trinajstić information content (AvgIpc) is 3.56. The van der Waals surface area contributed by atoms with Crippen molar-refractivity contribution < 1.29 is 17.9 Å². The number of piperidine rings is 1. The minimum atomic E-state index is -3.70. The first kappa shape index (κ1) is 27.9. The quantitative estimate of drug-likeness (QED) is 0.372. The molecule has 2 aliphatic heterocycles. The fourth-order valence-corrected chi connectivity index (χ4v) is 9.27. The number of thiophene rings is 1. The number of amides is 1. The van der Waals surface area contributed by atoms with Gasteiger partial charge in [0.15, 0.2) is 5.13 Å². The van der Waals surface area contributed by atoms with Crippen molar-refractivity contribution in [1.82, 2.24) is 14.2 Å². The molecule has 2 aromatic heterocycles. The number of hydrogen-bond acceptors (Lipinski definition) is 8. The molecule has 5 rings (SSSR count). The molecule has 1 atom stereocenters. The molecular weight excluding hydrogens is 564 g/mol. The maximum atomic E-state index is 14.0. The summed E-state index contributed by atoms with van der Waals surface area (Å²) in [6.45, 7) is 9.38. The van der Waals surface area contributed by atoms with Gasteiger partial charge in [0.05, 0.1) is 33.7 Å². The highest BCUT2D eigenvalue weighted by molar-refractivity contribution is 7.91. The summed E-state index contributed by atoms with van der Waals surface area (Å²) in [6.07, 6.45) is 2.09. The third-order valence-electron chi connectivity index (χ3n) is 7.41. The Morgan fingerprint density at radius 3 is 2.68 bits per heavy atom. The lowest BCUT2D eigenvalue weighted by Crippen LogP contribution is -2.47. The summed E-state index contributed by atoms with van der Waals surface area (Å²) in [6, 6.07) is 7.29. The van der Waals surface area contributed by atoms with E-state index in [0.29, 0.717) is 35.4 Å². The molecule has 1 amide bonds. The van der Waals surface area contributed by atoms with Crippen LogP contribution in [0.2, 0.25) is 4.34 Å². The van der Waals surface area contributed by atoms with Crippen LogP contribution >= 0.6 is 34.3 Å². The van der Waals surface area contributed by atoms with E-state index in [0.717, 1.165) is 66.4 Å². The van der Waals surface area contributed by atoms with Crippen molar-refractivity contribution in [3.05, 3.63) is 39.7 Å². The summed E-state index contributed by atoms with van der Waals surface area (Å²) in [5, 5.41) is 0.686. The van der Waals surface area contributed by atoms with Gasteiger partial charge in [0.25, 0.3) is 10.0 Å². The maximum absolute atomic E-state index is 14.0. The summed E-state index contributed by atoms with van der Waals surface area (Å²) in [4.78, 5) is 23.1. The summed E-state index contributed by atoms with van der Waals surface area (Å²) in [5.41, 5.74) is 3.22. The molecule has 3 aromatic rings. The number of sulfonamides is 1. The van der Waals surface area contributed by atoms with E-state index < -0.39 is 15.9 Å². The third kappa shape index (κ3) is 5.94. The summed E-state index contributed by atoms with van der Waals surface area (Å²) < 4.78 is 35.1. The minimum absolute atomic E-state index is 0.0514. The number of fused-ring (bicyclic) bond motifs is 1. The number of aryl methyl sites for hydroxylation is 2. The fraction of sp³-hybridized carbons (Fsp3) is 0.538. The van der Waals surface area contributed by atoms with Gasteiger partial charge < -0.3 is 4.74 Å². The van der Waals surface area contributed by atoms with Gasteiger partial charge in [-0.25, -0.2) is 13.4 Å². The number of aromatic nitrogens is 1. The van der Waals surface area contributed by atoms with Crippen LogP contribution in [0, 0.1) is 19.8 Å². The zero-order chi connectivity index (χ0) is 26.9. The third-order valence-corrected chi connectivity index (χ3v) is 12.0. The van der Waals surface area contributed by atoms with Gasteiger partial charge in [0.1, 0.15) is 4.21 Å². The molecule has 2 fully saturated rings. The van der Waals surface area contributed by atoms with E-state index in [1.54, 1.807) is 6.07 Å². The van der Waals surface area contributed by atoms with E-state index in [1.807, 2.05) is 4.90 Å². The first-order valence-corrected chi connectivity index (χ1v) is 16.4. The van der Waals surface area contributed by atoms with Gasteiger partial charge in [0.2, 0.25) is 5.91 Å². The second-order valence-electron chi connectivity index (χ2n) is 9.91. The zero-order valence-electron chi connectivity index (χ0n) is 21.7. The number of thiazole rings is 1. The Morgan fingerprint density at radius 1 is 1.16 bits per heavy atom. The van der Waals surface area contributed by atoms with Crippen LogP contribution in [0.15, 0.2) is 28.5 Å².